The Kier molecular flexibility index (Phi) is 5.59. The number of ketones is 1. The van der Waals surface area contributed by atoms with E-state index in [0.29, 0.717) is 10.6 Å². The Balaban J connectivity index is 1.41. The van der Waals surface area contributed by atoms with Gasteiger partial charge in [-0.15, -0.1) is 11.3 Å². The van der Waals surface area contributed by atoms with Gasteiger partial charge in [0.05, 0.1) is 5.39 Å². The molecule has 1 fully saturated rings. The molecule has 0 N–H and O–H groups in total. The normalized spacial score (nSPS) is 14.9. The first kappa shape index (κ1) is 18.9. The number of piperazine rings is 1. The molecular weight excluding hydrogens is 392 g/mol. The van der Waals surface area contributed by atoms with E-state index in [-0.39, 0.29) is 5.78 Å². The quantitative estimate of drug-likeness (QED) is 0.458. The molecule has 5 nitrogen and oxygen atoms in total. The highest BCUT2D eigenvalue weighted by molar-refractivity contribution is 7.18. The summed E-state index contributed by atoms with van der Waals surface area (Å²) >= 11 is 7.70. The number of rotatable bonds is 5. The molecule has 1 aliphatic heterocycles. The summed E-state index contributed by atoms with van der Waals surface area (Å²) in [4.78, 5) is 28.1. The number of hydrogen-bond donors (Lipinski definition) is 0. The van der Waals surface area contributed by atoms with Gasteiger partial charge < -0.3 is 9.80 Å². The maximum Gasteiger partial charge on any atom is 0.187 e. The van der Waals surface area contributed by atoms with Crippen LogP contribution in [0.1, 0.15) is 22.2 Å². The Bertz CT molecular complexity index is 1020. The lowest BCUT2D eigenvalue weighted by Gasteiger charge is -2.35. The van der Waals surface area contributed by atoms with Gasteiger partial charge in [0.25, 0.3) is 0 Å². The minimum Gasteiger partial charge on any atom is -0.374 e. The summed E-state index contributed by atoms with van der Waals surface area (Å²) in [6, 6.07) is 9.24. The molecule has 3 heterocycles. The number of allylic oxidation sites excluding steroid dienone is 1. The highest BCUT2D eigenvalue weighted by Gasteiger charge is 2.19. The van der Waals surface area contributed by atoms with Crippen molar-refractivity contribution in [2.75, 3.05) is 31.1 Å². The standard InChI is InChI=1S/C21H21ClN4OS/c1-2-17-13-18-20(23-14-24-21(18)28-17)26-10-8-25(9-11-26)7-6-19(27)15-4-3-5-16(22)12-15/h3-7,12-14H,2,8-11H2,1H3. The molecule has 0 radical (unpaired) electrons. The number of aromatic nitrogens is 2. The van der Waals surface area contributed by atoms with Crippen molar-refractivity contribution in [2.45, 2.75) is 13.3 Å². The molecule has 7 heteroatoms. The molecule has 0 bridgehead atoms. The first-order valence-electron chi connectivity index (χ1n) is 9.34. The van der Waals surface area contributed by atoms with Gasteiger partial charge in [0.15, 0.2) is 5.78 Å². The third-order valence-corrected chi connectivity index (χ3v) is 6.29. The minimum atomic E-state index is -0.0344. The highest BCUT2D eigenvalue weighted by atomic mass is 35.5. The number of thiophene rings is 1. The number of nitrogens with zero attached hydrogens (tertiary/aromatic N) is 4. The number of carbonyl (C=O) groups is 1. The van der Waals surface area contributed by atoms with E-state index in [0.717, 1.165) is 48.6 Å². The van der Waals surface area contributed by atoms with E-state index >= 15 is 0 Å². The summed E-state index contributed by atoms with van der Waals surface area (Å²) in [5, 5.41) is 1.72. The number of halogens is 1. The van der Waals surface area contributed by atoms with Crippen molar-refractivity contribution in [1.29, 1.82) is 0 Å². The van der Waals surface area contributed by atoms with Crippen LogP contribution < -0.4 is 4.90 Å². The highest BCUT2D eigenvalue weighted by Crippen LogP contribution is 2.30. The summed E-state index contributed by atoms with van der Waals surface area (Å²) in [5.74, 6) is 0.979. The van der Waals surface area contributed by atoms with E-state index < -0.39 is 0 Å². The zero-order chi connectivity index (χ0) is 19.5. The van der Waals surface area contributed by atoms with Crippen molar-refractivity contribution in [1.82, 2.24) is 14.9 Å². The maximum absolute atomic E-state index is 12.3. The van der Waals surface area contributed by atoms with E-state index in [1.165, 1.54) is 4.88 Å². The van der Waals surface area contributed by atoms with Gasteiger partial charge in [0, 0.05) is 53.9 Å². The van der Waals surface area contributed by atoms with Crippen molar-refractivity contribution in [3.8, 4) is 0 Å². The van der Waals surface area contributed by atoms with Gasteiger partial charge in [0.1, 0.15) is 17.0 Å². The molecule has 0 spiro atoms. The maximum atomic E-state index is 12.3. The molecule has 0 aliphatic carbocycles. The summed E-state index contributed by atoms with van der Waals surface area (Å²) in [5.41, 5.74) is 0.606. The molecule has 0 amide bonds. The number of aryl methyl sites for hydroxylation is 1. The van der Waals surface area contributed by atoms with Crippen molar-refractivity contribution in [3.05, 3.63) is 64.4 Å². The zero-order valence-electron chi connectivity index (χ0n) is 15.6. The second kappa shape index (κ2) is 8.29. The van der Waals surface area contributed by atoms with Crippen LogP contribution in [-0.2, 0) is 6.42 Å². The average molecular weight is 413 g/mol. The molecule has 2 aromatic heterocycles. The number of fused-ring (bicyclic) bond motifs is 1. The molecule has 1 aliphatic rings. The van der Waals surface area contributed by atoms with Gasteiger partial charge in [-0.3, -0.25) is 4.79 Å². The van der Waals surface area contributed by atoms with Crippen molar-refractivity contribution in [2.24, 2.45) is 0 Å². The molecule has 0 unspecified atom stereocenters. The van der Waals surface area contributed by atoms with Crippen LogP contribution in [0.2, 0.25) is 5.02 Å². The fourth-order valence-electron chi connectivity index (χ4n) is 3.31. The second-order valence-corrected chi connectivity index (χ2v) is 8.25. The van der Waals surface area contributed by atoms with E-state index in [4.69, 9.17) is 11.6 Å². The fraction of sp³-hybridized carbons (Fsp3) is 0.286. The topological polar surface area (TPSA) is 49.3 Å². The lowest BCUT2D eigenvalue weighted by Crippen LogP contribution is -2.44. The number of anilines is 1. The van der Waals surface area contributed by atoms with Gasteiger partial charge in [-0.2, -0.15) is 0 Å². The Hall–Kier alpha value is -2.44. The molecule has 144 valence electrons. The van der Waals surface area contributed by atoms with Crippen LogP contribution in [-0.4, -0.2) is 46.8 Å². The second-order valence-electron chi connectivity index (χ2n) is 6.70. The third-order valence-electron chi connectivity index (χ3n) is 4.87. The van der Waals surface area contributed by atoms with Gasteiger partial charge in [0.2, 0.25) is 0 Å². The monoisotopic (exact) mass is 412 g/mol. The first-order chi connectivity index (χ1) is 13.6. The Morgan fingerprint density at radius 2 is 2.04 bits per heavy atom. The number of hydrogen-bond acceptors (Lipinski definition) is 6. The lowest BCUT2D eigenvalue weighted by molar-refractivity contribution is 0.104. The molecule has 0 saturated carbocycles. The minimum absolute atomic E-state index is 0.0344. The number of benzene rings is 1. The van der Waals surface area contributed by atoms with Crippen LogP contribution in [0.15, 0.2) is 48.9 Å². The van der Waals surface area contributed by atoms with Crippen molar-refractivity contribution >= 4 is 44.8 Å². The van der Waals surface area contributed by atoms with Crippen LogP contribution in [0.3, 0.4) is 0 Å². The first-order valence-corrected chi connectivity index (χ1v) is 10.5. The third kappa shape index (κ3) is 4.03. The molecule has 3 aromatic rings. The van der Waals surface area contributed by atoms with Gasteiger partial charge in [-0.25, -0.2) is 9.97 Å². The molecule has 0 atom stereocenters. The Labute approximate surface area is 173 Å². The van der Waals surface area contributed by atoms with Crippen LogP contribution >= 0.6 is 22.9 Å². The van der Waals surface area contributed by atoms with E-state index in [1.807, 2.05) is 6.20 Å². The average Bonchev–Trinajstić information content (AvgIpc) is 3.16. The van der Waals surface area contributed by atoms with E-state index in [2.05, 4.69) is 32.8 Å². The van der Waals surface area contributed by atoms with Crippen LogP contribution in [0.5, 0.6) is 0 Å². The summed E-state index contributed by atoms with van der Waals surface area (Å²) < 4.78 is 0. The molecule has 4 rings (SSSR count). The molecule has 28 heavy (non-hydrogen) atoms. The van der Waals surface area contributed by atoms with E-state index in [9.17, 15) is 4.79 Å². The van der Waals surface area contributed by atoms with Crippen LogP contribution in [0.25, 0.3) is 10.2 Å². The smallest absolute Gasteiger partial charge is 0.187 e. The predicted octanol–water partition coefficient (Wildman–Crippen LogP) is 4.43. The SMILES string of the molecule is CCc1cc2c(N3CCN(C=CC(=O)c4cccc(Cl)c4)CC3)ncnc2s1. The molecule has 1 saturated heterocycles. The zero-order valence-corrected chi connectivity index (χ0v) is 17.2. The Morgan fingerprint density at radius 1 is 1.21 bits per heavy atom. The number of carbonyl (C=O) groups excluding carboxylic acids is 1. The Morgan fingerprint density at radius 3 is 2.79 bits per heavy atom. The summed E-state index contributed by atoms with van der Waals surface area (Å²) in [7, 11) is 0. The van der Waals surface area contributed by atoms with E-state index in [1.54, 1.807) is 48.0 Å². The summed E-state index contributed by atoms with van der Waals surface area (Å²) in [6.07, 6.45) is 6.18. The van der Waals surface area contributed by atoms with Gasteiger partial charge >= 0.3 is 0 Å². The van der Waals surface area contributed by atoms with Gasteiger partial charge in [-0.1, -0.05) is 30.7 Å². The largest absolute Gasteiger partial charge is 0.374 e. The fourth-order valence-corrected chi connectivity index (χ4v) is 4.43. The predicted molar refractivity (Wildman–Crippen MR) is 116 cm³/mol. The van der Waals surface area contributed by atoms with Crippen molar-refractivity contribution < 1.29 is 4.79 Å². The molecular formula is C21H21ClN4OS. The summed E-state index contributed by atoms with van der Waals surface area (Å²) in [6.45, 7) is 5.57. The lowest BCUT2D eigenvalue weighted by atomic mass is 10.1. The van der Waals surface area contributed by atoms with Gasteiger partial charge in [-0.05, 0) is 24.6 Å². The van der Waals surface area contributed by atoms with Crippen LogP contribution in [0, 0.1) is 0 Å². The molecule has 1 aromatic carbocycles. The van der Waals surface area contributed by atoms with Crippen LogP contribution in [0.4, 0.5) is 5.82 Å². The van der Waals surface area contributed by atoms with Crippen molar-refractivity contribution in [3.63, 3.8) is 0 Å².